The van der Waals surface area contributed by atoms with Gasteiger partial charge in [-0.3, -0.25) is 23.7 Å². The van der Waals surface area contributed by atoms with Crippen LogP contribution in [0.25, 0.3) is 0 Å². The second-order valence-electron chi connectivity index (χ2n) is 9.71. The summed E-state index contributed by atoms with van der Waals surface area (Å²) in [6, 6.07) is 23.6. The highest BCUT2D eigenvalue weighted by atomic mass is 16.2. The van der Waals surface area contributed by atoms with Crippen LogP contribution in [0.3, 0.4) is 0 Å². The van der Waals surface area contributed by atoms with Gasteiger partial charge in [0.15, 0.2) is 0 Å². The number of benzene rings is 3. The van der Waals surface area contributed by atoms with Gasteiger partial charge < -0.3 is 10.2 Å². The Morgan fingerprint density at radius 3 is 1.88 bits per heavy atom. The predicted octanol–water partition coefficient (Wildman–Crippen LogP) is 2.26. The van der Waals surface area contributed by atoms with Crippen molar-refractivity contribution in [2.45, 2.75) is 12.6 Å². The fourth-order valence-corrected chi connectivity index (χ4v) is 5.35. The first-order valence-electron chi connectivity index (χ1n) is 12.8. The van der Waals surface area contributed by atoms with Gasteiger partial charge in [-0.1, -0.05) is 54.6 Å². The van der Waals surface area contributed by atoms with Crippen LogP contribution in [0.1, 0.15) is 26.3 Å². The van der Waals surface area contributed by atoms with Gasteiger partial charge in [0.05, 0.1) is 11.5 Å². The van der Waals surface area contributed by atoms with Crippen LogP contribution in [-0.4, -0.2) is 44.0 Å². The van der Waals surface area contributed by atoms with E-state index in [-0.39, 0.29) is 28.9 Å². The molecule has 0 aliphatic carbocycles. The highest BCUT2D eigenvalue weighted by Gasteiger charge is 2.51. The van der Waals surface area contributed by atoms with E-state index in [2.05, 4.69) is 5.32 Å². The number of aromatic nitrogens is 2. The number of nitrogens with one attached hydrogen (secondary N) is 1. The summed E-state index contributed by atoms with van der Waals surface area (Å²) in [7, 11) is 1.26. The molecular weight excluding hydrogens is 526 g/mol. The third kappa shape index (κ3) is 4.06. The van der Waals surface area contributed by atoms with E-state index in [1.54, 1.807) is 78.9 Å². The molecule has 4 amide bonds. The van der Waals surface area contributed by atoms with Crippen LogP contribution in [0.4, 0.5) is 16.3 Å². The Morgan fingerprint density at radius 2 is 1.29 bits per heavy atom. The molecule has 11 nitrogen and oxygen atoms in total. The number of imide groups is 3. The maximum atomic E-state index is 13.8. The van der Waals surface area contributed by atoms with Gasteiger partial charge >= 0.3 is 11.7 Å². The van der Waals surface area contributed by atoms with Crippen molar-refractivity contribution in [3.05, 3.63) is 129 Å². The van der Waals surface area contributed by atoms with E-state index in [4.69, 9.17) is 0 Å². The summed E-state index contributed by atoms with van der Waals surface area (Å²) < 4.78 is 1.72. The topological polar surface area (TPSA) is 131 Å². The summed E-state index contributed by atoms with van der Waals surface area (Å²) in [5.74, 6) is -3.42. The lowest BCUT2D eigenvalue weighted by atomic mass is 9.88. The van der Waals surface area contributed by atoms with Gasteiger partial charge in [0.2, 0.25) is 5.91 Å². The molecule has 1 fully saturated rings. The molecule has 2 aliphatic heterocycles. The first-order valence-corrected chi connectivity index (χ1v) is 12.8. The molecule has 2 unspecified atom stereocenters. The molecule has 204 valence electrons. The Balaban J connectivity index is 1.57. The summed E-state index contributed by atoms with van der Waals surface area (Å²) in [4.78, 5) is 83.2. The Morgan fingerprint density at radius 1 is 0.756 bits per heavy atom. The van der Waals surface area contributed by atoms with Gasteiger partial charge in [-0.2, -0.15) is 4.90 Å². The first kappa shape index (κ1) is 25.7. The van der Waals surface area contributed by atoms with E-state index in [1.165, 1.54) is 24.1 Å². The zero-order chi connectivity index (χ0) is 28.8. The number of carbonyl (C=O) groups is 4. The van der Waals surface area contributed by atoms with E-state index >= 15 is 0 Å². The number of anilines is 2. The Labute approximate surface area is 232 Å². The lowest BCUT2D eigenvalue weighted by Crippen LogP contribution is -2.68. The Kier molecular flexibility index (Phi) is 6.18. The number of nitrogens with zero attached hydrogens (tertiary/aromatic N) is 4. The molecule has 3 aromatic carbocycles. The molecule has 2 atom stereocenters. The second kappa shape index (κ2) is 9.87. The average molecular weight is 550 g/mol. The Hall–Kier alpha value is -5.58. The predicted molar refractivity (Wildman–Crippen MR) is 148 cm³/mol. The van der Waals surface area contributed by atoms with Gasteiger partial charge in [0, 0.05) is 23.9 Å². The Bertz CT molecular complexity index is 1830. The molecule has 11 heteroatoms. The van der Waals surface area contributed by atoms with Crippen LogP contribution in [0.15, 0.2) is 101 Å². The van der Waals surface area contributed by atoms with E-state index in [1.807, 2.05) is 0 Å². The maximum absolute atomic E-state index is 13.8. The minimum atomic E-state index is -1.11. The van der Waals surface area contributed by atoms with E-state index < -0.39 is 47.1 Å². The largest absolute Gasteiger partial charge is 0.339 e. The van der Waals surface area contributed by atoms with Crippen molar-refractivity contribution in [1.29, 1.82) is 0 Å². The van der Waals surface area contributed by atoms with Crippen LogP contribution >= 0.6 is 0 Å². The van der Waals surface area contributed by atoms with Crippen molar-refractivity contribution in [2.75, 3.05) is 4.90 Å². The minimum Gasteiger partial charge on any atom is -0.316 e. The molecule has 0 spiro atoms. The normalized spacial score (nSPS) is 17.9. The van der Waals surface area contributed by atoms with Gasteiger partial charge in [-0.05, 0) is 42.8 Å². The number of amides is 4. The van der Waals surface area contributed by atoms with E-state index in [0.717, 1.165) is 9.13 Å². The zero-order valence-corrected chi connectivity index (χ0v) is 21.8. The van der Waals surface area contributed by atoms with Crippen molar-refractivity contribution in [1.82, 2.24) is 19.4 Å². The van der Waals surface area contributed by atoms with Gasteiger partial charge in [0.1, 0.15) is 12.0 Å². The summed E-state index contributed by atoms with van der Waals surface area (Å²) in [5, 5.41) is 2.73. The molecular formula is C30H23N5O6. The second-order valence-corrected chi connectivity index (χ2v) is 9.71. The number of rotatable bonds is 3. The molecule has 3 heterocycles. The van der Waals surface area contributed by atoms with Crippen LogP contribution in [0, 0.1) is 5.92 Å². The molecule has 1 N–H and O–H groups in total. The molecule has 0 bridgehead atoms. The van der Waals surface area contributed by atoms with Gasteiger partial charge in [-0.15, -0.1) is 0 Å². The maximum Gasteiger partial charge on any atom is 0.339 e. The lowest BCUT2D eigenvalue weighted by molar-refractivity contribution is -0.133. The third-order valence-electron chi connectivity index (χ3n) is 7.33. The van der Waals surface area contributed by atoms with Crippen molar-refractivity contribution < 1.29 is 19.2 Å². The first-order chi connectivity index (χ1) is 19.8. The average Bonchev–Trinajstić information content (AvgIpc) is 3.00. The smallest absolute Gasteiger partial charge is 0.316 e. The summed E-state index contributed by atoms with van der Waals surface area (Å²) in [5.41, 5.74) is -0.777. The van der Waals surface area contributed by atoms with Crippen LogP contribution in [0.5, 0.6) is 0 Å². The van der Waals surface area contributed by atoms with Crippen LogP contribution in [-0.2, 0) is 18.3 Å². The SMILES string of the molecule is Cn1c(=O)c2c(n(C(=O)c3ccccc3)c1=O)N(c1ccccc1)C1NC(=O)N(C(=O)c3ccccc3)C(=O)C1C2. The number of para-hydroxylation sites is 1. The van der Waals surface area contributed by atoms with E-state index in [0.29, 0.717) is 10.6 Å². The zero-order valence-electron chi connectivity index (χ0n) is 21.8. The molecule has 6 rings (SSSR count). The van der Waals surface area contributed by atoms with Crippen molar-refractivity contribution in [3.8, 4) is 0 Å². The highest BCUT2D eigenvalue weighted by Crippen LogP contribution is 2.39. The summed E-state index contributed by atoms with van der Waals surface area (Å²) in [6.07, 6.45) is -1.33. The summed E-state index contributed by atoms with van der Waals surface area (Å²) in [6.45, 7) is 0. The van der Waals surface area contributed by atoms with Crippen LogP contribution in [0.2, 0.25) is 0 Å². The third-order valence-corrected chi connectivity index (χ3v) is 7.33. The number of hydrogen-bond acceptors (Lipinski definition) is 7. The van der Waals surface area contributed by atoms with Crippen LogP contribution < -0.4 is 21.5 Å². The fourth-order valence-electron chi connectivity index (χ4n) is 5.35. The highest BCUT2D eigenvalue weighted by molar-refractivity contribution is 6.18. The molecule has 1 saturated heterocycles. The summed E-state index contributed by atoms with van der Waals surface area (Å²) >= 11 is 0. The van der Waals surface area contributed by atoms with Gasteiger partial charge in [-0.25, -0.2) is 14.2 Å². The molecule has 4 aromatic rings. The van der Waals surface area contributed by atoms with Crippen molar-refractivity contribution in [3.63, 3.8) is 0 Å². The lowest BCUT2D eigenvalue weighted by Gasteiger charge is -2.46. The van der Waals surface area contributed by atoms with E-state index in [9.17, 15) is 28.8 Å². The van der Waals surface area contributed by atoms with Crippen molar-refractivity contribution >= 4 is 35.3 Å². The number of carbonyl (C=O) groups excluding carboxylic acids is 4. The van der Waals surface area contributed by atoms with Crippen molar-refractivity contribution in [2.24, 2.45) is 13.0 Å². The minimum absolute atomic E-state index is 0.0260. The molecule has 1 aromatic heterocycles. The monoisotopic (exact) mass is 549 g/mol. The molecule has 41 heavy (non-hydrogen) atoms. The number of fused-ring (bicyclic) bond motifs is 2. The molecule has 0 saturated carbocycles. The van der Waals surface area contributed by atoms with Gasteiger partial charge in [0.25, 0.3) is 17.4 Å². The quantitative estimate of drug-likeness (QED) is 0.388. The standard InChI is InChI=1S/C30H23N5O6/c1-32-27(38)22-17-21-23(31-29(40)35(28(21)39)26(37)19-13-7-3-8-14-19)33(20-15-9-4-10-16-20)24(22)34(30(32)41)25(36)18-11-5-2-6-12-18/h2-16,21,23H,17H2,1H3,(H,31,40). The molecule has 2 aliphatic rings. The number of hydrogen-bond donors (Lipinski definition) is 1. The molecule has 0 radical (unpaired) electrons. The number of urea groups is 1. The fraction of sp³-hybridized carbons (Fsp3) is 0.133.